The highest BCUT2D eigenvalue weighted by Gasteiger charge is 2.18. The first-order valence-electron chi connectivity index (χ1n) is 6.34. The summed E-state index contributed by atoms with van der Waals surface area (Å²) in [5.41, 5.74) is 8.98. The summed E-state index contributed by atoms with van der Waals surface area (Å²) < 4.78 is 0. The molecule has 2 nitrogen and oxygen atoms in total. The summed E-state index contributed by atoms with van der Waals surface area (Å²) in [4.78, 5) is 2.25. The molecule has 0 spiro atoms. The van der Waals surface area contributed by atoms with Gasteiger partial charge in [-0.1, -0.05) is 30.9 Å². The van der Waals surface area contributed by atoms with Crippen molar-refractivity contribution in [1.82, 2.24) is 0 Å². The zero-order chi connectivity index (χ0) is 12.4. The van der Waals surface area contributed by atoms with Crippen LogP contribution in [0.3, 0.4) is 0 Å². The van der Waals surface area contributed by atoms with Crippen molar-refractivity contribution in [2.75, 3.05) is 24.2 Å². The lowest BCUT2D eigenvalue weighted by Crippen LogP contribution is -2.24. The molecule has 0 unspecified atom stereocenters. The van der Waals surface area contributed by atoms with Gasteiger partial charge in [-0.3, -0.25) is 0 Å². The second kappa shape index (κ2) is 5.18. The van der Waals surface area contributed by atoms with Crippen molar-refractivity contribution in [2.24, 2.45) is 5.92 Å². The molecule has 0 amide bonds. The van der Waals surface area contributed by atoms with Crippen molar-refractivity contribution in [3.63, 3.8) is 0 Å². The summed E-state index contributed by atoms with van der Waals surface area (Å²) in [6.07, 6.45) is 5.50. The number of rotatable bonds is 4. The maximum absolute atomic E-state index is 6.05. The van der Waals surface area contributed by atoms with E-state index in [0.29, 0.717) is 0 Å². The van der Waals surface area contributed by atoms with E-state index in [1.807, 2.05) is 13.0 Å². The molecule has 0 bridgehead atoms. The molecule has 1 saturated carbocycles. The molecule has 1 aromatic carbocycles. The Labute approximate surface area is 109 Å². The lowest BCUT2D eigenvalue weighted by Gasteiger charge is -2.29. The van der Waals surface area contributed by atoms with Crippen LogP contribution in [0, 0.1) is 12.8 Å². The molecule has 0 aliphatic heterocycles. The number of hydrogen-bond acceptors (Lipinski definition) is 2. The van der Waals surface area contributed by atoms with Crippen LogP contribution in [0.1, 0.15) is 31.2 Å². The lowest BCUT2D eigenvalue weighted by atomic mass is 9.83. The summed E-state index contributed by atoms with van der Waals surface area (Å²) >= 11 is 6.05. The summed E-state index contributed by atoms with van der Waals surface area (Å²) in [5.74, 6) is 0.937. The second-order valence-electron chi connectivity index (χ2n) is 5.17. The molecule has 0 radical (unpaired) electrons. The predicted octanol–water partition coefficient (Wildman–Crippen LogP) is 3.86. The molecule has 0 heterocycles. The molecule has 1 aromatic rings. The van der Waals surface area contributed by atoms with E-state index >= 15 is 0 Å². The van der Waals surface area contributed by atoms with Gasteiger partial charge in [0.15, 0.2) is 0 Å². The third-order valence-electron chi connectivity index (χ3n) is 3.82. The number of hydrogen-bond donors (Lipinski definition) is 1. The number of aryl methyl sites for hydroxylation is 1. The monoisotopic (exact) mass is 252 g/mol. The van der Waals surface area contributed by atoms with Crippen molar-refractivity contribution >= 4 is 23.0 Å². The van der Waals surface area contributed by atoms with Crippen LogP contribution in [-0.4, -0.2) is 13.6 Å². The fraction of sp³-hybridized carbons (Fsp3) is 0.571. The van der Waals surface area contributed by atoms with Gasteiger partial charge in [0.25, 0.3) is 0 Å². The van der Waals surface area contributed by atoms with Crippen LogP contribution in [0.4, 0.5) is 11.4 Å². The molecule has 17 heavy (non-hydrogen) atoms. The zero-order valence-corrected chi connectivity index (χ0v) is 11.4. The summed E-state index contributed by atoms with van der Waals surface area (Å²) in [7, 11) is 2.11. The van der Waals surface area contributed by atoms with Gasteiger partial charge in [0.1, 0.15) is 0 Å². The Morgan fingerprint density at radius 1 is 1.41 bits per heavy atom. The highest BCUT2D eigenvalue weighted by Crippen LogP contribution is 2.32. The zero-order valence-electron chi connectivity index (χ0n) is 10.7. The largest absolute Gasteiger partial charge is 0.397 e. The van der Waals surface area contributed by atoms with E-state index < -0.39 is 0 Å². The average molecular weight is 253 g/mol. The quantitative estimate of drug-likeness (QED) is 0.825. The van der Waals surface area contributed by atoms with Gasteiger partial charge in [0.2, 0.25) is 0 Å². The van der Waals surface area contributed by atoms with Gasteiger partial charge < -0.3 is 10.6 Å². The van der Waals surface area contributed by atoms with Gasteiger partial charge in [-0.05, 0) is 37.0 Å². The molecule has 2 N–H and O–H groups in total. The molecule has 3 heteroatoms. The standard InChI is InChI=1S/C14H21ClN2/c1-10-8-14(13(16)9-12(10)15)17(2)7-6-11-4-3-5-11/h8-9,11H,3-7,16H2,1-2H3. The highest BCUT2D eigenvalue weighted by molar-refractivity contribution is 6.31. The molecular weight excluding hydrogens is 232 g/mol. The molecule has 0 aromatic heterocycles. The molecule has 2 rings (SSSR count). The predicted molar refractivity (Wildman–Crippen MR) is 75.8 cm³/mol. The van der Waals surface area contributed by atoms with Crippen molar-refractivity contribution in [1.29, 1.82) is 0 Å². The fourth-order valence-electron chi connectivity index (χ4n) is 2.29. The van der Waals surface area contributed by atoms with E-state index in [1.54, 1.807) is 0 Å². The topological polar surface area (TPSA) is 29.3 Å². The fourth-order valence-corrected chi connectivity index (χ4v) is 2.46. The summed E-state index contributed by atoms with van der Waals surface area (Å²) in [6, 6.07) is 3.94. The van der Waals surface area contributed by atoms with Crippen LogP contribution in [0.2, 0.25) is 5.02 Å². The van der Waals surface area contributed by atoms with E-state index in [4.69, 9.17) is 17.3 Å². The minimum Gasteiger partial charge on any atom is -0.397 e. The van der Waals surface area contributed by atoms with Gasteiger partial charge >= 0.3 is 0 Å². The molecule has 94 valence electrons. The van der Waals surface area contributed by atoms with Gasteiger partial charge in [-0.15, -0.1) is 0 Å². The van der Waals surface area contributed by atoms with Crippen LogP contribution in [-0.2, 0) is 0 Å². The number of halogens is 1. The van der Waals surface area contributed by atoms with Crippen molar-refractivity contribution in [3.8, 4) is 0 Å². The van der Waals surface area contributed by atoms with Gasteiger partial charge in [-0.2, -0.15) is 0 Å². The van der Waals surface area contributed by atoms with E-state index in [9.17, 15) is 0 Å². The first-order chi connectivity index (χ1) is 8.08. The molecule has 1 aliphatic carbocycles. The molecule has 1 fully saturated rings. The minimum absolute atomic E-state index is 0.749. The first kappa shape index (κ1) is 12.6. The SMILES string of the molecule is Cc1cc(N(C)CCC2CCC2)c(N)cc1Cl. The normalized spacial score (nSPS) is 15.7. The summed E-state index contributed by atoms with van der Waals surface area (Å²) in [5, 5.41) is 0.749. The van der Waals surface area contributed by atoms with Gasteiger partial charge in [-0.25, -0.2) is 0 Å². The number of benzene rings is 1. The Morgan fingerprint density at radius 2 is 2.12 bits per heavy atom. The number of nitrogen functional groups attached to an aromatic ring is 1. The number of nitrogens with two attached hydrogens (primary N) is 1. The van der Waals surface area contributed by atoms with Crippen LogP contribution in [0.5, 0.6) is 0 Å². The molecule has 0 atom stereocenters. The van der Waals surface area contributed by atoms with E-state index in [-0.39, 0.29) is 0 Å². The van der Waals surface area contributed by atoms with Gasteiger partial charge in [0, 0.05) is 18.6 Å². The van der Waals surface area contributed by atoms with Crippen molar-refractivity contribution in [3.05, 3.63) is 22.7 Å². The molecule has 1 aliphatic rings. The van der Waals surface area contributed by atoms with Crippen LogP contribution in [0.25, 0.3) is 0 Å². The minimum atomic E-state index is 0.749. The van der Waals surface area contributed by atoms with Crippen molar-refractivity contribution < 1.29 is 0 Å². The first-order valence-corrected chi connectivity index (χ1v) is 6.72. The lowest BCUT2D eigenvalue weighted by molar-refractivity contribution is 0.299. The molecular formula is C14H21ClN2. The molecule has 0 saturated heterocycles. The Hall–Kier alpha value is -0.890. The Morgan fingerprint density at radius 3 is 2.71 bits per heavy atom. The average Bonchev–Trinajstić information content (AvgIpc) is 2.21. The maximum Gasteiger partial charge on any atom is 0.0601 e. The van der Waals surface area contributed by atoms with Crippen LogP contribution in [0.15, 0.2) is 12.1 Å². The highest BCUT2D eigenvalue weighted by atomic mass is 35.5. The Balaban J connectivity index is 2.01. The number of nitrogens with zero attached hydrogens (tertiary/aromatic N) is 1. The Kier molecular flexibility index (Phi) is 3.82. The van der Waals surface area contributed by atoms with E-state index in [2.05, 4.69) is 18.0 Å². The van der Waals surface area contributed by atoms with Gasteiger partial charge in [0.05, 0.1) is 11.4 Å². The summed E-state index contributed by atoms with van der Waals surface area (Å²) in [6.45, 7) is 3.10. The Bertz CT molecular complexity index is 399. The smallest absolute Gasteiger partial charge is 0.0601 e. The van der Waals surface area contributed by atoms with Crippen LogP contribution >= 0.6 is 11.6 Å². The number of anilines is 2. The van der Waals surface area contributed by atoms with E-state index in [1.165, 1.54) is 25.7 Å². The third kappa shape index (κ3) is 2.86. The van der Waals surface area contributed by atoms with E-state index in [0.717, 1.165) is 34.4 Å². The maximum atomic E-state index is 6.05. The third-order valence-corrected chi connectivity index (χ3v) is 4.22. The second-order valence-corrected chi connectivity index (χ2v) is 5.57. The van der Waals surface area contributed by atoms with Crippen molar-refractivity contribution in [2.45, 2.75) is 32.6 Å². The van der Waals surface area contributed by atoms with Crippen LogP contribution < -0.4 is 10.6 Å².